The van der Waals surface area contributed by atoms with Crippen LogP contribution >= 0.6 is 27.3 Å². The number of allylic oxidation sites excluding steroid dienone is 3. The SMILES string of the molecule is COc1cc(C2C(C(=O)Nc3nc4ccc(Br)cc4s3)=C(C)NC3=C2C(=O)CCC3)cc(OC)c1OC. The number of benzene rings is 2. The summed E-state index contributed by atoms with van der Waals surface area (Å²) >= 11 is 4.87. The zero-order valence-electron chi connectivity index (χ0n) is 20.9. The van der Waals surface area contributed by atoms with Crippen molar-refractivity contribution in [2.24, 2.45) is 0 Å². The molecule has 0 saturated heterocycles. The molecule has 1 unspecified atom stereocenters. The third kappa shape index (κ3) is 4.59. The number of anilines is 1. The fourth-order valence-electron chi connectivity index (χ4n) is 5.00. The average molecular weight is 584 g/mol. The second-order valence-corrected chi connectivity index (χ2v) is 10.8. The minimum Gasteiger partial charge on any atom is -0.493 e. The number of hydrogen-bond donors (Lipinski definition) is 2. The Hall–Kier alpha value is -3.37. The van der Waals surface area contributed by atoms with E-state index in [1.165, 1.54) is 18.4 Å². The van der Waals surface area contributed by atoms with E-state index >= 15 is 0 Å². The van der Waals surface area contributed by atoms with Gasteiger partial charge in [-0.15, -0.1) is 0 Å². The van der Waals surface area contributed by atoms with Crippen LogP contribution in [0.1, 0.15) is 37.7 Å². The van der Waals surface area contributed by atoms with E-state index in [0.717, 1.165) is 33.2 Å². The molecule has 1 amide bonds. The van der Waals surface area contributed by atoms with Gasteiger partial charge in [-0.25, -0.2) is 4.98 Å². The Morgan fingerprint density at radius 3 is 2.51 bits per heavy atom. The van der Waals surface area contributed by atoms with Gasteiger partial charge in [0.05, 0.1) is 31.5 Å². The molecular weight excluding hydrogens is 558 g/mol. The van der Waals surface area contributed by atoms with E-state index < -0.39 is 5.92 Å². The molecule has 0 spiro atoms. The van der Waals surface area contributed by atoms with Crippen molar-refractivity contribution in [3.63, 3.8) is 0 Å². The van der Waals surface area contributed by atoms with Crippen LogP contribution in [0.5, 0.6) is 17.2 Å². The van der Waals surface area contributed by atoms with Crippen LogP contribution < -0.4 is 24.8 Å². The molecule has 10 heteroatoms. The van der Waals surface area contributed by atoms with Gasteiger partial charge in [0.15, 0.2) is 22.4 Å². The molecule has 192 valence electrons. The van der Waals surface area contributed by atoms with E-state index in [4.69, 9.17) is 14.2 Å². The fraction of sp³-hybridized carbons (Fsp3) is 0.296. The number of ketones is 1. The summed E-state index contributed by atoms with van der Waals surface area (Å²) in [5.74, 6) is 0.437. The Morgan fingerprint density at radius 1 is 1.11 bits per heavy atom. The normalized spacial score (nSPS) is 17.4. The number of nitrogens with one attached hydrogen (secondary N) is 2. The van der Waals surface area contributed by atoms with Gasteiger partial charge in [0.1, 0.15) is 0 Å². The summed E-state index contributed by atoms with van der Waals surface area (Å²) in [7, 11) is 4.62. The van der Waals surface area contributed by atoms with Crippen molar-refractivity contribution < 1.29 is 23.8 Å². The summed E-state index contributed by atoms with van der Waals surface area (Å²) in [5, 5.41) is 6.80. The monoisotopic (exact) mass is 583 g/mol. The van der Waals surface area contributed by atoms with Gasteiger partial charge in [-0.05, 0) is 55.7 Å². The van der Waals surface area contributed by atoms with Gasteiger partial charge in [-0.2, -0.15) is 0 Å². The van der Waals surface area contributed by atoms with Gasteiger partial charge in [-0.3, -0.25) is 14.9 Å². The standard InChI is InChI=1S/C27H26BrN3O5S/c1-13-22(26(33)31-27-30-16-9-8-15(28)12-21(16)37-27)23(24-17(29-13)6-5-7-18(24)32)14-10-19(34-2)25(36-4)20(11-14)35-3/h8-12,23,29H,5-7H2,1-4H3,(H,30,31,33). The van der Waals surface area contributed by atoms with Gasteiger partial charge in [0.25, 0.3) is 5.91 Å². The highest BCUT2D eigenvalue weighted by molar-refractivity contribution is 9.10. The highest BCUT2D eigenvalue weighted by Gasteiger charge is 2.39. The van der Waals surface area contributed by atoms with Crippen LogP contribution in [-0.4, -0.2) is 38.0 Å². The van der Waals surface area contributed by atoms with E-state index in [2.05, 4.69) is 31.5 Å². The maximum atomic E-state index is 13.8. The first kappa shape index (κ1) is 25.3. The zero-order valence-corrected chi connectivity index (χ0v) is 23.3. The lowest BCUT2D eigenvalue weighted by molar-refractivity contribution is -0.116. The van der Waals surface area contributed by atoms with Gasteiger partial charge in [-0.1, -0.05) is 27.3 Å². The molecule has 0 radical (unpaired) electrons. The summed E-state index contributed by atoms with van der Waals surface area (Å²) < 4.78 is 18.6. The van der Waals surface area contributed by atoms with E-state index in [9.17, 15) is 9.59 Å². The van der Waals surface area contributed by atoms with Crippen LogP contribution in [0, 0.1) is 0 Å². The number of methoxy groups -OCH3 is 3. The lowest BCUT2D eigenvalue weighted by Gasteiger charge is -2.34. The number of dihydropyridines is 1. The molecule has 0 saturated carbocycles. The summed E-state index contributed by atoms with van der Waals surface area (Å²) in [6.07, 6.45) is 1.94. The van der Waals surface area contributed by atoms with Gasteiger partial charge < -0.3 is 19.5 Å². The number of hydrogen-bond acceptors (Lipinski definition) is 8. The van der Waals surface area contributed by atoms with E-state index in [0.29, 0.717) is 51.2 Å². The third-order valence-corrected chi connectivity index (χ3v) is 8.04. The highest BCUT2D eigenvalue weighted by atomic mass is 79.9. The number of Topliss-reactive ketones (excluding diaryl/α,β-unsaturated/α-hetero) is 1. The minimum atomic E-state index is -0.610. The molecule has 0 bridgehead atoms. The van der Waals surface area contributed by atoms with Crippen molar-refractivity contribution in [2.45, 2.75) is 32.1 Å². The Bertz CT molecular complexity index is 1470. The molecule has 3 aromatic rings. The summed E-state index contributed by atoms with van der Waals surface area (Å²) in [6, 6.07) is 9.38. The second kappa shape index (κ2) is 10.2. The lowest BCUT2D eigenvalue weighted by atomic mass is 9.75. The van der Waals surface area contributed by atoms with Crippen LogP contribution in [-0.2, 0) is 9.59 Å². The predicted octanol–water partition coefficient (Wildman–Crippen LogP) is 5.69. The van der Waals surface area contributed by atoms with E-state index in [1.54, 1.807) is 26.4 Å². The molecule has 1 aliphatic carbocycles. The highest BCUT2D eigenvalue weighted by Crippen LogP contribution is 2.47. The number of fused-ring (bicyclic) bond motifs is 1. The quantitative estimate of drug-likeness (QED) is 0.384. The number of carbonyl (C=O) groups excluding carboxylic acids is 2. The first-order chi connectivity index (χ1) is 17.8. The van der Waals surface area contributed by atoms with Crippen molar-refractivity contribution >= 4 is 54.3 Å². The lowest BCUT2D eigenvalue weighted by Crippen LogP contribution is -2.35. The number of thiazole rings is 1. The molecule has 2 N–H and O–H groups in total. The molecule has 2 heterocycles. The van der Waals surface area contributed by atoms with Crippen LogP contribution in [0.3, 0.4) is 0 Å². The van der Waals surface area contributed by atoms with Gasteiger partial charge >= 0.3 is 0 Å². The molecule has 2 aliphatic rings. The van der Waals surface area contributed by atoms with Crippen molar-refractivity contribution in [3.05, 3.63) is 62.9 Å². The Balaban J connectivity index is 1.62. The fourth-order valence-corrected chi connectivity index (χ4v) is 6.41. The van der Waals surface area contributed by atoms with Crippen molar-refractivity contribution in [2.75, 3.05) is 26.6 Å². The molecule has 5 rings (SSSR count). The van der Waals surface area contributed by atoms with E-state index in [1.807, 2.05) is 25.1 Å². The first-order valence-electron chi connectivity index (χ1n) is 11.8. The number of ether oxygens (including phenoxy) is 3. The maximum Gasteiger partial charge on any atom is 0.256 e. The Morgan fingerprint density at radius 2 is 1.84 bits per heavy atom. The molecule has 2 aromatic carbocycles. The first-order valence-corrected chi connectivity index (χ1v) is 13.4. The summed E-state index contributed by atoms with van der Waals surface area (Å²) in [6.45, 7) is 1.86. The van der Waals surface area contributed by atoms with Crippen molar-refractivity contribution in [3.8, 4) is 17.2 Å². The van der Waals surface area contributed by atoms with Crippen LogP contribution in [0.15, 0.2) is 57.3 Å². The Labute approximate surface area is 226 Å². The largest absolute Gasteiger partial charge is 0.493 e. The minimum absolute atomic E-state index is 0.0233. The molecule has 8 nitrogen and oxygen atoms in total. The van der Waals surface area contributed by atoms with Crippen LogP contribution in [0.25, 0.3) is 10.2 Å². The number of rotatable bonds is 6. The van der Waals surface area contributed by atoms with E-state index in [-0.39, 0.29) is 11.7 Å². The number of carbonyl (C=O) groups is 2. The van der Waals surface area contributed by atoms with Crippen molar-refractivity contribution in [1.29, 1.82) is 0 Å². The number of amides is 1. The second-order valence-electron chi connectivity index (χ2n) is 8.81. The molecular formula is C27H26BrN3O5S. The predicted molar refractivity (Wildman–Crippen MR) is 147 cm³/mol. The molecule has 0 fully saturated rings. The number of halogens is 1. The number of nitrogens with zero attached hydrogens (tertiary/aromatic N) is 1. The smallest absolute Gasteiger partial charge is 0.256 e. The average Bonchev–Trinajstić information content (AvgIpc) is 3.28. The van der Waals surface area contributed by atoms with Crippen LogP contribution in [0.2, 0.25) is 0 Å². The molecule has 37 heavy (non-hydrogen) atoms. The zero-order chi connectivity index (χ0) is 26.3. The topological polar surface area (TPSA) is 98.8 Å². The maximum absolute atomic E-state index is 13.8. The van der Waals surface area contributed by atoms with Crippen LogP contribution in [0.4, 0.5) is 5.13 Å². The summed E-state index contributed by atoms with van der Waals surface area (Å²) in [4.78, 5) is 31.7. The van der Waals surface area contributed by atoms with Gasteiger partial charge in [0, 0.05) is 39.4 Å². The van der Waals surface area contributed by atoms with Crippen molar-refractivity contribution in [1.82, 2.24) is 10.3 Å². The third-order valence-electron chi connectivity index (χ3n) is 6.61. The molecule has 1 aliphatic heterocycles. The Kier molecular flexibility index (Phi) is 6.96. The summed E-state index contributed by atoms with van der Waals surface area (Å²) in [5.41, 5.74) is 4.09. The molecule has 1 aromatic heterocycles. The molecule has 1 atom stereocenters. The van der Waals surface area contributed by atoms with Gasteiger partial charge in [0.2, 0.25) is 5.75 Å². The number of aromatic nitrogens is 1.